The van der Waals surface area contributed by atoms with Crippen molar-refractivity contribution in [3.63, 3.8) is 0 Å². The van der Waals surface area contributed by atoms with Crippen molar-refractivity contribution in [1.82, 2.24) is 9.97 Å². The van der Waals surface area contributed by atoms with E-state index in [1.807, 2.05) is 30.3 Å². The Kier molecular flexibility index (Phi) is 2.55. The van der Waals surface area contributed by atoms with E-state index in [9.17, 15) is 0 Å². The molecule has 0 saturated heterocycles. The van der Waals surface area contributed by atoms with Crippen molar-refractivity contribution < 1.29 is 0 Å². The SMILES string of the molecule is Nc1ncccc1-c1nc2c(s1)Cc1cc(Cl)ccc1-2. The number of hydrogen-bond acceptors (Lipinski definition) is 4. The van der Waals surface area contributed by atoms with Gasteiger partial charge in [0.2, 0.25) is 0 Å². The molecule has 0 aliphatic heterocycles. The Hall–Kier alpha value is -1.91. The summed E-state index contributed by atoms with van der Waals surface area (Å²) in [5.41, 5.74) is 10.3. The number of nitrogens with two attached hydrogens (primary N) is 1. The lowest BCUT2D eigenvalue weighted by atomic mass is 10.1. The van der Waals surface area contributed by atoms with Gasteiger partial charge in [0.25, 0.3) is 0 Å². The van der Waals surface area contributed by atoms with Gasteiger partial charge >= 0.3 is 0 Å². The second kappa shape index (κ2) is 4.30. The van der Waals surface area contributed by atoms with Gasteiger partial charge in [-0.2, -0.15) is 0 Å². The van der Waals surface area contributed by atoms with Gasteiger partial charge in [-0.3, -0.25) is 0 Å². The molecule has 0 atom stereocenters. The third-order valence-electron chi connectivity index (χ3n) is 3.44. The van der Waals surface area contributed by atoms with Gasteiger partial charge in [-0.15, -0.1) is 11.3 Å². The summed E-state index contributed by atoms with van der Waals surface area (Å²) in [7, 11) is 0. The monoisotopic (exact) mass is 299 g/mol. The lowest BCUT2D eigenvalue weighted by Crippen LogP contribution is -1.92. The number of rotatable bonds is 1. The molecule has 5 heteroatoms. The van der Waals surface area contributed by atoms with Crippen LogP contribution in [0.3, 0.4) is 0 Å². The molecule has 2 heterocycles. The van der Waals surface area contributed by atoms with Crippen LogP contribution in [0.4, 0.5) is 5.82 Å². The van der Waals surface area contributed by atoms with E-state index in [1.165, 1.54) is 16.0 Å². The molecule has 2 N–H and O–H groups in total. The van der Waals surface area contributed by atoms with E-state index in [0.717, 1.165) is 27.7 Å². The van der Waals surface area contributed by atoms with Crippen LogP contribution in [0.2, 0.25) is 5.02 Å². The fourth-order valence-corrected chi connectivity index (χ4v) is 3.84. The zero-order valence-electron chi connectivity index (χ0n) is 10.4. The second-order valence-electron chi connectivity index (χ2n) is 4.71. The summed E-state index contributed by atoms with van der Waals surface area (Å²) in [5.74, 6) is 0.524. The number of thiazole rings is 1. The first-order valence-electron chi connectivity index (χ1n) is 6.22. The first kappa shape index (κ1) is 11.9. The van der Waals surface area contributed by atoms with E-state index >= 15 is 0 Å². The van der Waals surface area contributed by atoms with E-state index in [2.05, 4.69) is 4.98 Å². The third-order valence-corrected chi connectivity index (χ3v) is 4.76. The number of pyridine rings is 1. The summed E-state index contributed by atoms with van der Waals surface area (Å²) in [5, 5.41) is 1.71. The molecule has 1 aliphatic rings. The van der Waals surface area contributed by atoms with Crippen LogP contribution in [0.5, 0.6) is 0 Å². The molecule has 0 radical (unpaired) electrons. The van der Waals surface area contributed by atoms with Crippen LogP contribution in [0, 0.1) is 0 Å². The molecule has 3 aromatic rings. The summed E-state index contributed by atoms with van der Waals surface area (Å²) in [4.78, 5) is 10.1. The van der Waals surface area contributed by atoms with Gasteiger partial charge in [0.15, 0.2) is 0 Å². The fraction of sp³-hybridized carbons (Fsp3) is 0.0667. The number of anilines is 1. The molecule has 20 heavy (non-hydrogen) atoms. The molecule has 2 aromatic heterocycles. The molecule has 0 saturated carbocycles. The summed E-state index contributed by atoms with van der Waals surface area (Å²) in [6.45, 7) is 0. The van der Waals surface area contributed by atoms with Gasteiger partial charge < -0.3 is 5.73 Å². The number of nitrogen functional groups attached to an aromatic ring is 1. The van der Waals surface area contributed by atoms with Gasteiger partial charge in [0.1, 0.15) is 10.8 Å². The summed E-state index contributed by atoms with van der Waals surface area (Å²) >= 11 is 7.72. The first-order valence-corrected chi connectivity index (χ1v) is 7.41. The summed E-state index contributed by atoms with van der Waals surface area (Å²) in [6, 6.07) is 9.81. The minimum absolute atomic E-state index is 0.524. The van der Waals surface area contributed by atoms with Gasteiger partial charge in [-0.1, -0.05) is 17.7 Å². The molecular formula is C15H10ClN3S. The Labute approximate surface area is 125 Å². The maximum Gasteiger partial charge on any atom is 0.133 e. The number of fused-ring (bicyclic) bond motifs is 3. The Morgan fingerprint density at radius 1 is 1.20 bits per heavy atom. The van der Waals surface area contributed by atoms with Crippen molar-refractivity contribution in [2.45, 2.75) is 6.42 Å². The van der Waals surface area contributed by atoms with Crippen LogP contribution in [-0.4, -0.2) is 9.97 Å². The number of benzene rings is 1. The van der Waals surface area contributed by atoms with E-state index in [0.29, 0.717) is 5.82 Å². The lowest BCUT2D eigenvalue weighted by Gasteiger charge is -2.01. The van der Waals surface area contributed by atoms with Gasteiger partial charge in [-0.05, 0) is 29.8 Å². The van der Waals surface area contributed by atoms with Crippen LogP contribution >= 0.6 is 22.9 Å². The maximum absolute atomic E-state index is 6.04. The van der Waals surface area contributed by atoms with Gasteiger partial charge in [-0.25, -0.2) is 9.97 Å². The number of hydrogen-bond donors (Lipinski definition) is 1. The molecular weight excluding hydrogens is 290 g/mol. The minimum Gasteiger partial charge on any atom is -0.383 e. The minimum atomic E-state index is 0.524. The molecule has 0 fully saturated rings. The molecule has 3 nitrogen and oxygen atoms in total. The number of nitrogens with zero attached hydrogens (tertiary/aromatic N) is 2. The molecule has 0 spiro atoms. The van der Waals surface area contributed by atoms with E-state index < -0.39 is 0 Å². The number of aromatic nitrogens is 2. The average Bonchev–Trinajstić information content (AvgIpc) is 2.96. The van der Waals surface area contributed by atoms with Crippen molar-refractivity contribution in [2.75, 3.05) is 5.73 Å². The average molecular weight is 300 g/mol. The summed E-state index contributed by atoms with van der Waals surface area (Å²) in [6.07, 6.45) is 2.58. The highest BCUT2D eigenvalue weighted by molar-refractivity contribution is 7.15. The quantitative estimate of drug-likeness (QED) is 0.578. The third kappa shape index (κ3) is 1.72. The summed E-state index contributed by atoms with van der Waals surface area (Å²) < 4.78 is 0. The molecule has 0 bridgehead atoms. The molecule has 98 valence electrons. The number of halogens is 1. The van der Waals surface area contributed by atoms with Crippen LogP contribution < -0.4 is 5.73 Å². The first-order chi connectivity index (χ1) is 9.72. The van der Waals surface area contributed by atoms with Crippen molar-refractivity contribution in [2.24, 2.45) is 0 Å². The van der Waals surface area contributed by atoms with Crippen molar-refractivity contribution >= 4 is 28.8 Å². The van der Waals surface area contributed by atoms with Crippen LogP contribution in [0.25, 0.3) is 21.8 Å². The predicted octanol–water partition coefficient (Wildman–Crippen LogP) is 4.01. The highest BCUT2D eigenvalue weighted by Crippen LogP contribution is 2.43. The zero-order chi connectivity index (χ0) is 13.7. The normalized spacial score (nSPS) is 12.2. The molecule has 1 aromatic carbocycles. The van der Waals surface area contributed by atoms with E-state index in [1.54, 1.807) is 17.5 Å². The van der Waals surface area contributed by atoms with Crippen molar-refractivity contribution in [3.8, 4) is 21.8 Å². The fourth-order valence-electron chi connectivity index (χ4n) is 2.51. The predicted molar refractivity (Wildman–Crippen MR) is 83.0 cm³/mol. The highest BCUT2D eigenvalue weighted by atomic mass is 35.5. The van der Waals surface area contributed by atoms with Gasteiger partial charge in [0, 0.05) is 28.1 Å². The Morgan fingerprint density at radius 2 is 2.10 bits per heavy atom. The van der Waals surface area contributed by atoms with E-state index in [-0.39, 0.29) is 0 Å². The highest BCUT2D eigenvalue weighted by Gasteiger charge is 2.24. The molecule has 0 unspecified atom stereocenters. The molecule has 4 rings (SSSR count). The van der Waals surface area contributed by atoms with Crippen molar-refractivity contribution in [1.29, 1.82) is 0 Å². The van der Waals surface area contributed by atoms with E-state index in [4.69, 9.17) is 22.3 Å². The molecule has 1 aliphatic carbocycles. The lowest BCUT2D eigenvalue weighted by molar-refractivity contribution is 1.31. The van der Waals surface area contributed by atoms with Crippen molar-refractivity contribution in [3.05, 3.63) is 52.0 Å². The van der Waals surface area contributed by atoms with Crippen LogP contribution in [-0.2, 0) is 6.42 Å². The standard InChI is InChI=1S/C15H10ClN3S/c16-9-3-4-10-8(6-9)7-12-13(10)19-15(20-12)11-2-1-5-18-14(11)17/h1-6H,7H2,(H2,17,18). The Balaban J connectivity index is 1.85. The largest absolute Gasteiger partial charge is 0.383 e. The maximum atomic E-state index is 6.04. The zero-order valence-corrected chi connectivity index (χ0v) is 12.0. The smallest absolute Gasteiger partial charge is 0.133 e. The topological polar surface area (TPSA) is 51.8 Å². The Bertz CT molecular complexity index is 826. The van der Waals surface area contributed by atoms with Gasteiger partial charge in [0.05, 0.1) is 11.3 Å². The van der Waals surface area contributed by atoms with Crippen LogP contribution in [0.1, 0.15) is 10.4 Å². The second-order valence-corrected chi connectivity index (χ2v) is 6.23. The Morgan fingerprint density at radius 3 is 2.95 bits per heavy atom. The van der Waals surface area contributed by atoms with Crippen LogP contribution in [0.15, 0.2) is 36.5 Å². The molecule has 0 amide bonds.